The number of morpholine rings is 1. The van der Waals surface area contributed by atoms with Crippen molar-refractivity contribution < 1.29 is 4.74 Å². The fourth-order valence-corrected chi connectivity index (χ4v) is 2.03. The SMILES string of the molecule is CCCCN1CCOC(CC(C)C)C1. The van der Waals surface area contributed by atoms with Crippen LogP contribution in [0.3, 0.4) is 0 Å². The summed E-state index contributed by atoms with van der Waals surface area (Å²) in [7, 11) is 0. The van der Waals surface area contributed by atoms with Gasteiger partial charge in [-0.3, -0.25) is 4.90 Å². The lowest BCUT2D eigenvalue weighted by Crippen LogP contribution is -2.43. The molecule has 0 bridgehead atoms. The van der Waals surface area contributed by atoms with Crippen LogP contribution in [0.4, 0.5) is 0 Å². The van der Waals surface area contributed by atoms with Crippen molar-refractivity contribution in [3.8, 4) is 0 Å². The van der Waals surface area contributed by atoms with Gasteiger partial charge in [-0.15, -0.1) is 0 Å². The van der Waals surface area contributed by atoms with Crippen molar-refractivity contribution in [2.24, 2.45) is 5.92 Å². The first-order chi connectivity index (χ1) is 6.72. The molecule has 1 rings (SSSR count). The van der Waals surface area contributed by atoms with Gasteiger partial charge >= 0.3 is 0 Å². The number of ether oxygens (including phenoxy) is 1. The van der Waals surface area contributed by atoms with Gasteiger partial charge in [0.25, 0.3) is 0 Å². The molecule has 1 fully saturated rings. The summed E-state index contributed by atoms with van der Waals surface area (Å²) in [6, 6.07) is 0. The third kappa shape index (κ3) is 4.43. The van der Waals surface area contributed by atoms with Gasteiger partial charge in [-0.25, -0.2) is 0 Å². The second-order valence-electron chi connectivity index (χ2n) is 4.78. The van der Waals surface area contributed by atoms with Crippen LogP contribution < -0.4 is 0 Å². The van der Waals surface area contributed by atoms with Gasteiger partial charge in [0, 0.05) is 13.1 Å². The van der Waals surface area contributed by atoms with Gasteiger partial charge in [-0.1, -0.05) is 27.2 Å². The zero-order valence-electron chi connectivity index (χ0n) is 9.96. The largest absolute Gasteiger partial charge is 0.376 e. The van der Waals surface area contributed by atoms with E-state index in [9.17, 15) is 0 Å². The molecule has 0 spiro atoms. The fraction of sp³-hybridized carbons (Fsp3) is 1.00. The minimum atomic E-state index is 0.487. The number of hydrogen-bond donors (Lipinski definition) is 0. The molecule has 1 saturated heterocycles. The van der Waals surface area contributed by atoms with E-state index >= 15 is 0 Å². The Morgan fingerprint density at radius 1 is 1.43 bits per heavy atom. The van der Waals surface area contributed by atoms with Gasteiger partial charge in [0.1, 0.15) is 0 Å². The number of unbranched alkanes of at least 4 members (excludes halogenated alkanes) is 1. The Hall–Kier alpha value is -0.0800. The molecule has 1 atom stereocenters. The van der Waals surface area contributed by atoms with Crippen molar-refractivity contribution >= 4 is 0 Å². The molecule has 0 saturated carbocycles. The highest BCUT2D eigenvalue weighted by Gasteiger charge is 2.20. The van der Waals surface area contributed by atoms with Gasteiger partial charge in [0.2, 0.25) is 0 Å². The minimum absolute atomic E-state index is 0.487. The second kappa shape index (κ2) is 6.41. The molecule has 0 N–H and O–H groups in total. The van der Waals surface area contributed by atoms with E-state index in [-0.39, 0.29) is 0 Å². The van der Waals surface area contributed by atoms with Gasteiger partial charge in [0.15, 0.2) is 0 Å². The Balaban J connectivity index is 2.21. The quantitative estimate of drug-likeness (QED) is 0.674. The van der Waals surface area contributed by atoms with Crippen molar-refractivity contribution in [3.63, 3.8) is 0 Å². The maximum Gasteiger partial charge on any atom is 0.0705 e. The number of rotatable bonds is 5. The van der Waals surface area contributed by atoms with E-state index in [1.54, 1.807) is 0 Å². The van der Waals surface area contributed by atoms with Gasteiger partial charge in [-0.2, -0.15) is 0 Å². The molecule has 0 aromatic heterocycles. The standard InChI is InChI=1S/C12H25NO/c1-4-5-6-13-7-8-14-12(10-13)9-11(2)3/h11-12H,4-10H2,1-3H3. The van der Waals surface area contributed by atoms with Gasteiger partial charge in [0.05, 0.1) is 12.7 Å². The topological polar surface area (TPSA) is 12.5 Å². The van der Waals surface area contributed by atoms with Crippen LogP contribution in [-0.4, -0.2) is 37.2 Å². The third-order valence-corrected chi connectivity index (χ3v) is 2.79. The van der Waals surface area contributed by atoms with E-state index in [2.05, 4.69) is 25.7 Å². The summed E-state index contributed by atoms with van der Waals surface area (Å²) < 4.78 is 5.76. The summed E-state index contributed by atoms with van der Waals surface area (Å²) in [5.74, 6) is 0.756. The molecule has 84 valence electrons. The lowest BCUT2D eigenvalue weighted by Gasteiger charge is -2.33. The molecule has 2 nitrogen and oxygen atoms in total. The summed E-state index contributed by atoms with van der Waals surface area (Å²) in [5.41, 5.74) is 0. The maximum absolute atomic E-state index is 5.76. The van der Waals surface area contributed by atoms with Gasteiger partial charge in [-0.05, 0) is 25.3 Å². The van der Waals surface area contributed by atoms with Crippen molar-refractivity contribution in [2.45, 2.75) is 46.1 Å². The zero-order valence-corrected chi connectivity index (χ0v) is 9.96. The molecule has 0 radical (unpaired) electrons. The molecular formula is C12H25NO. The average molecular weight is 199 g/mol. The Morgan fingerprint density at radius 2 is 2.21 bits per heavy atom. The van der Waals surface area contributed by atoms with E-state index in [0.717, 1.165) is 25.6 Å². The van der Waals surface area contributed by atoms with Crippen molar-refractivity contribution in [3.05, 3.63) is 0 Å². The van der Waals surface area contributed by atoms with E-state index in [1.807, 2.05) is 0 Å². The molecule has 1 heterocycles. The third-order valence-electron chi connectivity index (χ3n) is 2.79. The highest BCUT2D eigenvalue weighted by atomic mass is 16.5. The number of nitrogens with zero attached hydrogens (tertiary/aromatic N) is 1. The highest BCUT2D eigenvalue weighted by Crippen LogP contribution is 2.14. The summed E-state index contributed by atoms with van der Waals surface area (Å²) in [5, 5.41) is 0. The lowest BCUT2D eigenvalue weighted by atomic mass is 10.0. The monoisotopic (exact) mass is 199 g/mol. The normalized spacial score (nSPS) is 24.4. The van der Waals surface area contributed by atoms with Crippen LogP contribution in [0.5, 0.6) is 0 Å². The molecule has 14 heavy (non-hydrogen) atoms. The summed E-state index contributed by atoms with van der Waals surface area (Å²) in [6.45, 7) is 11.3. The first-order valence-corrected chi connectivity index (χ1v) is 6.06. The average Bonchev–Trinajstić information content (AvgIpc) is 2.14. The summed E-state index contributed by atoms with van der Waals surface area (Å²) in [6.07, 6.45) is 4.32. The van der Waals surface area contributed by atoms with Crippen molar-refractivity contribution in [2.75, 3.05) is 26.2 Å². The Bertz CT molecular complexity index is 147. The molecule has 1 aliphatic heterocycles. The molecule has 1 unspecified atom stereocenters. The van der Waals surface area contributed by atoms with Crippen LogP contribution in [0.1, 0.15) is 40.0 Å². The summed E-state index contributed by atoms with van der Waals surface area (Å²) in [4.78, 5) is 2.56. The zero-order chi connectivity index (χ0) is 10.4. The Morgan fingerprint density at radius 3 is 2.86 bits per heavy atom. The maximum atomic E-state index is 5.76. The van der Waals surface area contributed by atoms with Crippen LogP contribution in [0.25, 0.3) is 0 Å². The Kier molecular flexibility index (Phi) is 5.49. The van der Waals surface area contributed by atoms with Gasteiger partial charge < -0.3 is 4.74 Å². The predicted molar refractivity (Wildman–Crippen MR) is 60.5 cm³/mol. The van der Waals surface area contributed by atoms with Crippen LogP contribution in [-0.2, 0) is 4.74 Å². The molecular weight excluding hydrogens is 174 g/mol. The number of hydrogen-bond acceptors (Lipinski definition) is 2. The first-order valence-electron chi connectivity index (χ1n) is 6.06. The second-order valence-corrected chi connectivity index (χ2v) is 4.78. The highest BCUT2D eigenvalue weighted by molar-refractivity contribution is 4.72. The van der Waals surface area contributed by atoms with Crippen LogP contribution in [0.15, 0.2) is 0 Å². The smallest absolute Gasteiger partial charge is 0.0705 e. The van der Waals surface area contributed by atoms with Crippen LogP contribution in [0.2, 0.25) is 0 Å². The Labute approximate surface area is 88.6 Å². The van der Waals surface area contributed by atoms with Crippen LogP contribution >= 0.6 is 0 Å². The summed E-state index contributed by atoms with van der Waals surface area (Å²) >= 11 is 0. The van der Waals surface area contributed by atoms with E-state index in [0.29, 0.717) is 6.10 Å². The molecule has 2 heteroatoms. The van der Waals surface area contributed by atoms with E-state index in [4.69, 9.17) is 4.74 Å². The predicted octanol–water partition coefficient (Wildman–Crippen LogP) is 2.53. The minimum Gasteiger partial charge on any atom is -0.376 e. The molecule has 0 aromatic carbocycles. The van der Waals surface area contributed by atoms with Crippen molar-refractivity contribution in [1.29, 1.82) is 0 Å². The van der Waals surface area contributed by atoms with Crippen LogP contribution in [0, 0.1) is 5.92 Å². The van der Waals surface area contributed by atoms with Crippen molar-refractivity contribution in [1.82, 2.24) is 4.90 Å². The van der Waals surface area contributed by atoms with E-state index in [1.165, 1.54) is 25.8 Å². The lowest BCUT2D eigenvalue weighted by molar-refractivity contribution is -0.0374. The molecule has 0 aromatic rings. The molecule has 0 aliphatic carbocycles. The molecule has 0 amide bonds. The fourth-order valence-electron chi connectivity index (χ4n) is 2.03. The first kappa shape index (κ1) is 12.0. The molecule has 1 aliphatic rings. The van der Waals surface area contributed by atoms with E-state index < -0.39 is 0 Å².